The van der Waals surface area contributed by atoms with E-state index in [1.165, 1.54) is 0 Å². The molecule has 2 aromatic rings. The van der Waals surface area contributed by atoms with E-state index in [9.17, 15) is 4.79 Å². The van der Waals surface area contributed by atoms with Crippen molar-refractivity contribution < 1.29 is 9.53 Å². The molecule has 0 aliphatic rings. The first-order valence-corrected chi connectivity index (χ1v) is 10.3. The first-order valence-electron chi connectivity index (χ1n) is 9.35. The molecule has 0 aliphatic carbocycles. The molecule has 0 spiro atoms. The van der Waals surface area contributed by atoms with Gasteiger partial charge >= 0.3 is 0 Å². The highest BCUT2D eigenvalue weighted by atomic mass is 32.1. The van der Waals surface area contributed by atoms with Gasteiger partial charge in [0.1, 0.15) is 5.75 Å². The first kappa shape index (κ1) is 21.8. The summed E-state index contributed by atoms with van der Waals surface area (Å²) in [6.45, 7) is 10.5. The highest BCUT2D eigenvalue weighted by Crippen LogP contribution is 2.17. The zero-order chi connectivity index (χ0) is 20.6. The molecule has 0 aliphatic heterocycles. The van der Waals surface area contributed by atoms with Gasteiger partial charge < -0.3 is 20.7 Å². The molecule has 1 heterocycles. The lowest BCUT2D eigenvalue weighted by Crippen LogP contribution is -2.46. The lowest BCUT2D eigenvalue weighted by Gasteiger charge is -2.21. The summed E-state index contributed by atoms with van der Waals surface area (Å²) in [5.41, 5.74) is 1.72. The monoisotopic (exact) mass is 402 g/mol. The number of anilines is 1. The molecule has 2 rings (SSSR count). The van der Waals surface area contributed by atoms with Gasteiger partial charge in [-0.25, -0.2) is 4.99 Å². The van der Waals surface area contributed by atoms with Crippen molar-refractivity contribution in [3.63, 3.8) is 0 Å². The fourth-order valence-electron chi connectivity index (χ4n) is 2.34. The van der Waals surface area contributed by atoms with Gasteiger partial charge in [0.15, 0.2) is 5.96 Å². The Labute approximate surface area is 171 Å². The number of guanidine groups is 1. The van der Waals surface area contributed by atoms with E-state index in [1.807, 2.05) is 70.3 Å². The molecule has 0 saturated carbocycles. The van der Waals surface area contributed by atoms with Crippen molar-refractivity contribution in [1.29, 1.82) is 0 Å². The molecule has 0 atom stereocenters. The Hall–Kier alpha value is -2.54. The average molecular weight is 403 g/mol. The minimum atomic E-state index is -0.271. The van der Waals surface area contributed by atoms with Gasteiger partial charge in [-0.15, -0.1) is 0 Å². The van der Waals surface area contributed by atoms with Crippen LogP contribution in [0.5, 0.6) is 5.75 Å². The summed E-state index contributed by atoms with van der Waals surface area (Å²) in [5.74, 6) is 1.28. The number of carbonyl (C=O) groups excluding carboxylic acids is 1. The molecule has 6 nitrogen and oxygen atoms in total. The third-order valence-corrected chi connectivity index (χ3v) is 4.15. The van der Waals surface area contributed by atoms with E-state index in [2.05, 4.69) is 26.3 Å². The quantitative estimate of drug-likeness (QED) is 0.483. The van der Waals surface area contributed by atoms with Crippen LogP contribution in [0.1, 0.15) is 40.2 Å². The number of nitrogens with zero attached hydrogens (tertiary/aromatic N) is 1. The largest absolute Gasteiger partial charge is 0.491 e. The number of thiophene rings is 1. The van der Waals surface area contributed by atoms with Crippen molar-refractivity contribution in [2.24, 2.45) is 4.99 Å². The van der Waals surface area contributed by atoms with Crippen LogP contribution in [-0.4, -0.2) is 30.1 Å². The number of hydrogen-bond donors (Lipinski definition) is 3. The SMILES string of the molecule is CC(C)Oc1ccc(NC(=NCc2ccsc2)NCC(=O)NC(C)(C)C)cc1. The molecular weight excluding hydrogens is 372 g/mol. The average Bonchev–Trinajstić information content (AvgIpc) is 3.10. The molecular formula is C21H30N4O2S. The Kier molecular flexibility index (Phi) is 7.87. The van der Waals surface area contributed by atoms with Gasteiger partial charge in [-0.2, -0.15) is 11.3 Å². The minimum absolute atomic E-state index is 0.0850. The second kappa shape index (κ2) is 10.1. The van der Waals surface area contributed by atoms with Gasteiger partial charge in [-0.1, -0.05) is 0 Å². The van der Waals surface area contributed by atoms with Gasteiger partial charge in [0.25, 0.3) is 0 Å². The Morgan fingerprint density at radius 1 is 1.18 bits per heavy atom. The van der Waals surface area contributed by atoms with Crippen molar-refractivity contribution in [3.8, 4) is 5.75 Å². The standard InChI is InChI=1S/C21H30N4O2S/c1-15(2)27-18-8-6-17(7-9-18)24-20(22-12-16-10-11-28-14-16)23-13-19(26)25-21(3,4)5/h6-11,14-15H,12-13H2,1-5H3,(H,25,26)(H2,22,23,24). The van der Waals surface area contributed by atoms with E-state index >= 15 is 0 Å². The van der Waals surface area contributed by atoms with Gasteiger partial charge in [0.2, 0.25) is 5.91 Å². The van der Waals surface area contributed by atoms with E-state index in [4.69, 9.17) is 4.74 Å². The molecule has 1 amide bonds. The Morgan fingerprint density at radius 2 is 1.89 bits per heavy atom. The molecule has 0 radical (unpaired) electrons. The lowest BCUT2D eigenvalue weighted by atomic mass is 10.1. The second-order valence-electron chi connectivity index (χ2n) is 7.76. The highest BCUT2D eigenvalue weighted by molar-refractivity contribution is 7.07. The molecule has 1 aromatic heterocycles. The minimum Gasteiger partial charge on any atom is -0.491 e. The summed E-state index contributed by atoms with van der Waals surface area (Å²) in [7, 11) is 0. The maximum atomic E-state index is 12.1. The van der Waals surface area contributed by atoms with Gasteiger partial charge in [0.05, 0.1) is 19.2 Å². The molecule has 0 unspecified atom stereocenters. The van der Waals surface area contributed by atoms with Crippen LogP contribution in [0.15, 0.2) is 46.1 Å². The third kappa shape index (κ3) is 8.43. The van der Waals surface area contributed by atoms with Crippen LogP contribution in [-0.2, 0) is 11.3 Å². The fourth-order valence-corrected chi connectivity index (χ4v) is 3.00. The van der Waals surface area contributed by atoms with Gasteiger partial charge in [0, 0.05) is 11.2 Å². The summed E-state index contributed by atoms with van der Waals surface area (Å²) >= 11 is 1.64. The van der Waals surface area contributed by atoms with Crippen molar-refractivity contribution in [1.82, 2.24) is 10.6 Å². The normalized spacial score (nSPS) is 12.0. The lowest BCUT2D eigenvalue weighted by molar-refractivity contribution is -0.121. The number of amides is 1. The van der Waals surface area contributed by atoms with Crippen LogP contribution < -0.4 is 20.7 Å². The number of ether oxygens (including phenoxy) is 1. The molecule has 0 saturated heterocycles. The number of rotatable bonds is 7. The number of hydrogen-bond acceptors (Lipinski definition) is 4. The molecule has 28 heavy (non-hydrogen) atoms. The predicted molar refractivity (Wildman–Crippen MR) is 117 cm³/mol. The summed E-state index contributed by atoms with van der Waals surface area (Å²) in [6, 6.07) is 9.70. The molecule has 7 heteroatoms. The van der Waals surface area contributed by atoms with E-state index in [1.54, 1.807) is 11.3 Å². The number of benzene rings is 1. The number of aliphatic imine (C=N–C) groups is 1. The smallest absolute Gasteiger partial charge is 0.239 e. The van der Waals surface area contributed by atoms with E-state index in [0.29, 0.717) is 12.5 Å². The molecule has 0 fully saturated rings. The van der Waals surface area contributed by atoms with Crippen molar-refractivity contribution in [2.75, 3.05) is 11.9 Å². The van der Waals surface area contributed by atoms with Crippen LogP contribution in [0, 0.1) is 0 Å². The Balaban J connectivity index is 2.03. The van der Waals surface area contributed by atoms with Crippen LogP contribution in [0.4, 0.5) is 5.69 Å². The number of nitrogens with one attached hydrogen (secondary N) is 3. The van der Waals surface area contributed by atoms with Crippen LogP contribution >= 0.6 is 11.3 Å². The maximum Gasteiger partial charge on any atom is 0.239 e. The Bertz CT molecular complexity index is 763. The fraction of sp³-hybridized carbons (Fsp3) is 0.429. The molecule has 3 N–H and O–H groups in total. The Morgan fingerprint density at radius 3 is 2.46 bits per heavy atom. The molecule has 1 aromatic carbocycles. The topological polar surface area (TPSA) is 74.8 Å². The zero-order valence-electron chi connectivity index (χ0n) is 17.2. The van der Waals surface area contributed by atoms with E-state index in [-0.39, 0.29) is 24.1 Å². The predicted octanol–water partition coefficient (Wildman–Crippen LogP) is 4.01. The maximum absolute atomic E-state index is 12.1. The van der Waals surface area contributed by atoms with Gasteiger partial charge in [-0.05, 0) is 81.3 Å². The number of carbonyl (C=O) groups is 1. The first-order chi connectivity index (χ1) is 13.2. The zero-order valence-corrected chi connectivity index (χ0v) is 18.0. The summed E-state index contributed by atoms with van der Waals surface area (Å²) < 4.78 is 5.67. The van der Waals surface area contributed by atoms with Gasteiger partial charge in [-0.3, -0.25) is 4.79 Å². The van der Waals surface area contributed by atoms with Crippen LogP contribution in [0.25, 0.3) is 0 Å². The summed E-state index contributed by atoms with van der Waals surface area (Å²) in [4.78, 5) is 16.7. The summed E-state index contributed by atoms with van der Waals surface area (Å²) in [5, 5.41) is 13.4. The molecule has 0 bridgehead atoms. The van der Waals surface area contributed by atoms with Crippen molar-refractivity contribution >= 4 is 28.9 Å². The third-order valence-electron chi connectivity index (χ3n) is 3.42. The van der Waals surface area contributed by atoms with Crippen LogP contribution in [0.2, 0.25) is 0 Å². The summed E-state index contributed by atoms with van der Waals surface area (Å²) in [6.07, 6.45) is 0.129. The van der Waals surface area contributed by atoms with E-state index < -0.39 is 0 Å². The second-order valence-corrected chi connectivity index (χ2v) is 8.54. The van der Waals surface area contributed by atoms with Crippen molar-refractivity contribution in [2.45, 2.75) is 52.8 Å². The van der Waals surface area contributed by atoms with Crippen molar-refractivity contribution in [3.05, 3.63) is 46.7 Å². The molecule has 152 valence electrons. The van der Waals surface area contributed by atoms with Crippen LogP contribution in [0.3, 0.4) is 0 Å². The highest BCUT2D eigenvalue weighted by Gasteiger charge is 2.14. The van der Waals surface area contributed by atoms with E-state index in [0.717, 1.165) is 17.0 Å².